The SMILES string of the molecule is O=C(c1cccc(Cl)c1)c1ccc2c(c1)CNCC2. The van der Waals surface area contributed by atoms with E-state index >= 15 is 0 Å². The van der Waals surface area contributed by atoms with Crippen molar-refractivity contribution < 1.29 is 4.79 Å². The van der Waals surface area contributed by atoms with Crippen LogP contribution >= 0.6 is 11.6 Å². The Labute approximate surface area is 117 Å². The lowest BCUT2D eigenvalue weighted by Crippen LogP contribution is -2.23. The van der Waals surface area contributed by atoms with Gasteiger partial charge in [-0.2, -0.15) is 0 Å². The van der Waals surface area contributed by atoms with Crippen molar-refractivity contribution in [2.75, 3.05) is 6.54 Å². The first kappa shape index (κ1) is 12.4. The van der Waals surface area contributed by atoms with E-state index in [1.165, 1.54) is 11.1 Å². The van der Waals surface area contributed by atoms with Crippen molar-refractivity contribution in [2.24, 2.45) is 0 Å². The van der Waals surface area contributed by atoms with Gasteiger partial charge < -0.3 is 5.32 Å². The largest absolute Gasteiger partial charge is 0.312 e. The molecule has 0 fully saturated rings. The van der Waals surface area contributed by atoms with E-state index in [1.54, 1.807) is 24.3 Å². The molecule has 96 valence electrons. The van der Waals surface area contributed by atoms with Crippen LogP contribution in [0, 0.1) is 0 Å². The Morgan fingerprint density at radius 1 is 1.05 bits per heavy atom. The standard InChI is InChI=1S/C16H14ClNO/c17-15-3-1-2-12(9-15)16(19)13-5-4-11-6-7-18-10-14(11)8-13/h1-5,8-9,18H,6-7,10H2. The molecule has 0 saturated carbocycles. The van der Waals surface area contributed by atoms with Gasteiger partial charge in [-0.3, -0.25) is 4.79 Å². The van der Waals surface area contributed by atoms with Crippen molar-refractivity contribution in [1.82, 2.24) is 5.32 Å². The van der Waals surface area contributed by atoms with Gasteiger partial charge in [-0.05, 0) is 42.3 Å². The fourth-order valence-electron chi connectivity index (χ4n) is 2.42. The number of ketones is 1. The number of hydrogen-bond acceptors (Lipinski definition) is 2. The van der Waals surface area contributed by atoms with E-state index < -0.39 is 0 Å². The average molecular weight is 272 g/mol. The molecule has 1 heterocycles. The molecule has 2 nitrogen and oxygen atoms in total. The van der Waals surface area contributed by atoms with Crippen molar-refractivity contribution in [3.05, 3.63) is 69.7 Å². The van der Waals surface area contributed by atoms with Crippen LogP contribution in [0.25, 0.3) is 0 Å². The van der Waals surface area contributed by atoms with Crippen LogP contribution in [-0.4, -0.2) is 12.3 Å². The first-order valence-corrected chi connectivity index (χ1v) is 6.74. The van der Waals surface area contributed by atoms with Gasteiger partial charge in [0.15, 0.2) is 5.78 Å². The zero-order chi connectivity index (χ0) is 13.2. The van der Waals surface area contributed by atoms with Gasteiger partial charge >= 0.3 is 0 Å². The van der Waals surface area contributed by atoms with Gasteiger partial charge in [0.2, 0.25) is 0 Å². The summed E-state index contributed by atoms with van der Waals surface area (Å²) in [5, 5.41) is 3.91. The Balaban J connectivity index is 1.96. The minimum Gasteiger partial charge on any atom is -0.312 e. The van der Waals surface area contributed by atoms with Gasteiger partial charge in [0, 0.05) is 22.7 Å². The summed E-state index contributed by atoms with van der Waals surface area (Å²) in [6.45, 7) is 1.85. The van der Waals surface area contributed by atoms with Gasteiger partial charge in [-0.25, -0.2) is 0 Å². The van der Waals surface area contributed by atoms with Crippen LogP contribution in [0.4, 0.5) is 0 Å². The summed E-state index contributed by atoms with van der Waals surface area (Å²) in [7, 11) is 0. The predicted molar refractivity (Wildman–Crippen MR) is 76.7 cm³/mol. The number of nitrogens with one attached hydrogen (secondary N) is 1. The first-order chi connectivity index (χ1) is 9.24. The van der Waals surface area contributed by atoms with Gasteiger partial charge in [0.05, 0.1) is 0 Å². The summed E-state index contributed by atoms with van der Waals surface area (Å²) in [5.74, 6) is 0.0240. The number of carbonyl (C=O) groups excluding carboxylic acids is 1. The Morgan fingerprint density at radius 2 is 1.89 bits per heavy atom. The van der Waals surface area contributed by atoms with Crippen LogP contribution in [0.5, 0.6) is 0 Å². The Morgan fingerprint density at radius 3 is 2.74 bits per heavy atom. The maximum atomic E-state index is 12.4. The molecule has 0 bridgehead atoms. The molecule has 2 aromatic carbocycles. The predicted octanol–water partition coefficient (Wildman–Crippen LogP) is 3.22. The lowest BCUT2D eigenvalue weighted by Gasteiger charge is -2.17. The normalized spacial score (nSPS) is 13.9. The zero-order valence-electron chi connectivity index (χ0n) is 10.4. The highest BCUT2D eigenvalue weighted by atomic mass is 35.5. The molecule has 3 rings (SSSR count). The smallest absolute Gasteiger partial charge is 0.193 e. The number of hydrogen-bond donors (Lipinski definition) is 1. The highest BCUT2D eigenvalue weighted by Gasteiger charge is 2.14. The molecule has 1 aliphatic heterocycles. The fourth-order valence-corrected chi connectivity index (χ4v) is 2.61. The number of rotatable bonds is 2. The Hall–Kier alpha value is -1.64. The van der Waals surface area contributed by atoms with E-state index in [0.29, 0.717) is 10.6 Å². The van der Waals surface area contributed by atoms with Gasteiger partial charge in [-0.1, -0.05) is 35.9 Å². The molecule has 0 radical (unpaired) electrons. The molecule has 0 aliphatic carbocycles. The van der Waals surface area contributed by atoms with E-state index in [2.05, 4.69) is 11.4 Å². The van der Waals surface area contributed by atoms with Crippen LogP contribution in [0.15, 0.2) is 42.5 Å². The number of halogens is 1. The van der Waals surface area contributed by atoms with Crippen molar-refractivity contribution >= 4 is 17.4 Å². The Kier molecular flexibility index (Phi) is 3.36. The molecule has 1 aliphatic rings. The lowest BCUT2D eigenvalue weighted by atomic mass is 9.95. The summed E-state index contributed by atoms with van der Waals surface area (Å²) in [5.41, 5.74) is 3.92. The van der Waals surface area contributed by atoms with Gasteiger partial charge in [-0.15, -0.1) is 0 Å². The van der Waals surface area contributed by atoms with Gasteiger partial charge in [0.1, 0.15) is 0 Å². The second-order valence-electron chi connectivity index (χ2n) is 4.75. The summed E-state index contributed by atoms with van der Waals surface area (Å²) in [6, 6.07) is 13.0. The molecule has 1 N–H and O–H groups in total. The average Bonchev–Trinajstić information content (AvgIpc) is 2.46. The molecule has 0 saturated heterocycles. The highest BCUT2D eigenvalue weighted by Crippen LogP contribution is 2.19. The fraction of sp³-hybridized carbons (Fsp3) is 0.188. The Bertz CT molecular complexity index is 636. The number of fused-ring (bicyclic) bond motifs is 1. The van der Waals surface area contributed by atoms with Crippen LogP contribution in [0.2, 0.25) is 5.02 Å². The molecule has 0 atom stereocenters. The summed E-state index contributed by atoms with van der Waals surface area (Å²) >= 11 is 5.93. The third kappa shape index (κ3) is 2.55. The molecule has 19 heavy (non-hydrogen) atoms. The zero-order valence-corrected chi connectivity index (χ0v) is 11.2. The second-order valence-corrected chi connectivity index (χ2v) is 5.19. The van der Waals surface area contributed by atoms with Crippen LogP contribution in [0.3, 0.4) is 0 Å². The maximum absolute atomic E-state index is 12.4. The second kappa shape index (κ2) is 5.16. The minimum atomic E-state index is 0.0240. The summed E-state index contributed by atoms with van der Waals surface area (Å²) < 4.78 is 0. The highest BCUT2D eigenvalue weighted by molar-refractivity contribution is 6.31. The van der Waals surface area contributed by atoms with Crippen LogP contribution in [-0.2, 0) is 13.0 Å². The number of benzene rings is 2. The molecule has 2 aromatic rings. The first-order valence-electron chi connectivity index (χ1n) is 6.37. The minimum absolute atomic E-state index is 0.0240. The van der Waals surface area contributed by atoms with Gasteiger partial charge in [0.25, 0.3) is 0 Å². The maximum Gasteiger partial charge on any atom is 0.193 e. The number of carbonyl (C=O) groups is 1. The van der Waals surface area contributed by atoms with Crippen molar-refractivity contribution in [2.45, 2.75) is 13.0 Å². The van der Waals surface area contributed by atoms with E-state index in [-0.39, 0.29) is 5.78 Å². The van der Waals surface area contributed by atoms with Crippen LogP contribution < -0.4 is 5.32 Å². The molecule has 3 heteroatoms. The van der Waals surface area contributed by atoms with E-state index in [1.807, 2.05) is 12.1 Å². The summed E-state index contributed by atoms with van der Waals surface area (Å²) in [4.78, 5) is 12.4. The molecule has 0 amide bonds. The van der Waals surface area contributed by atoms with Crippen LogP contribution in [0.1, 0.15) is 27.0 Å². The topological polar surface area (TPSA) is 29.1 Å². The third-order valence-corrected chi connectivity index (χ3v) is 3.68. The lowest BCUT2D eigenvalue weighted by molar-refractivity contribution is 0.103. The van der Waals surface area contributed by atoms with Crippen molar-refractivity contribution in [1.29, 1.82) is 0 Å². The van der Waals surface area contributed by atoms with E-state index in [4.69, 9.17) is 11.6 Å². The molecule has 0 unspecified atom stereocenters. The quantitative estimate of drug-likeness (QED) is 0.850. The van der Waals surface area contributed by atoms with Crippen molar-refractivity contribution in [3.8, 4) is 0 Å². The monoisotopic (exact) mass is 271 g/mol. The third-order valence-electron chi connectivity index (χ3n) is 3.44. The van der Waals surface area contributed by atoms with Crippen molar-refractivity contribution in [3.63, 3.8) is 0 Å². The molecule has 0 aromatic heterocycles. The summed E-state index contributed by atoms with van der Waals surface area (Å²) in [6.07, 6.45) is 1.03. The molecular formula is C16H14ClNO. The molecule has 0 spiro atoms. The van der Waals surface area contributed by atoms with E-state index in [0.717, 1.165) is 25.1 Å². The molecular weight excluding hydrogens is 258 g/mol. The van der Waals surface area contributed by atoms with E-state index in [9.17, 15) is 4.79 Å².